The highest BCUT2D eigenvalue weighted by Gasteiger charge is 2.38. The van der Waals surface area contributed by atoms with Gasteiger partial charge in [-0.1, -0.05) is 69.0 Å². The Morgan fingerprint density at radius 1 is 0.500 bits per heavy atom. The SMILES string of the molecule is CC1CCCC(N2CCCC2)C1.CC1CCCC([N+]2(C)CCCC2)C1.CC1CCCC([N+]2(C)CCCC2)C1.CI.[I-].[OH-]. The summed E-state index contributed by atoms with van der Waals surface area (Å²) < 4.78 is 2.81. The van der Waals surface area contributed by atoms with E-state index in [1.807, 2.05) is 4.93 Å². The molecule has 0 amide bonds. The molecule has 0 bridgehead atoms. The van der Waals surface area contributed by atoms with E-state index in [1.165, 1.54) is 164 Å². The first-order valence-corrected chi connectivity index (χ1v) is 20.2. The number of quaternary nitrogens is 2. The number of hydrogen-bond acceptors (Lipinski definition) is 2. The van der Waals surface area contributed by atoms with E-state index in [0.29, 0.717) is 0 Å². The molecular formula is C36H73I2N3O. The highest BCUT2D eigenvalue weighted by Crippen LogP contribution is 2.35. The smallest absolute Gasteiger partial charge is 0.0890 e. The minimum absolute atomic E-state index is 0. The van der Waals surface area contributed by atoms with E-state index in [-0.39, 0.29) is 29.5 Å². The molecule has 3 aliphatic heterocycles. The van der Waals surface area contributed by atoms with Crippen molar-refractivity contribution >= 4 is 22.6 Å². The van der Waals surface area contributed by atoms with Crippen molar-refractivity contribution in [3.63, 3.8) is 0 Å². The van der Waals surface area contributed by atoms with E-state index < -0.39 is 0 Å². The van der Waals surface area contributed by atoms with E-state index in [9.17, 15) is 0 Å². The first-order valence-electron chi connectivity index (χ1n) is 18.1. The molecule has 0 radical (unpaired) electrons. The summed E-state index contributed by atoms with van der Waals surface area (Å²) in [5, 5.41) is 0. The zero-order valence-electron chi connectivity index (χ0n) is 29.0. The third kappa shape index (κ3) is 12.8. The normalized spacial score (nSPS) is 35.5. The summed E-state index contributed by atoms with van der Waals surface area (Å²) in [6.45, 7) is 15.9. The molecule has 0 aromatic heterocycles. The van der Waals surface area contributed by atoms with Crippen molar-refractivity contribution in [2.75, 3.05) is 58.3 Å². The Balaban J connectivity index is 0.000000299. The lowest BCUT2D eigenvalue weighted by atomic mass is 9.85. The van der Waals surface area contributed by atoms with Gasteiger partial charge < -0.3 is 43.3 Å². The number of nitrogens with zero attached hydrogens (tertiary/aromatic N) is 3. The third-order valence-corrected chi connectivity index (χ3v) is 12.3. The average Bonchev–Trinajstić information content (AvgIpc) is 3.75. The first-order chi connectivity index (χ1) is 19.3. The van der Waals surface area contributed by atoms with Gasteiger partial charge in [0.05, 0.1) is 52.4 Å². The lowest BCUT2D eigenvalue weighted by molar-refractivity contribution is -0.923. The van der Waals surface area contributed by atoms with Crippen LogP contribution < -0.4 is 24.0 Å². The lowest BCUT2D eigenvalue weighted by Gasteiger charge is -2.41. The van der Waals surface area contributed by atoms with Crippen LogP contribution in [0.1, 0.15) is 136 Å². The van der Waals surface area contributed by atoms with Gasteiger partial charge in [0, 0.05) is 44.6 Å². The molecule has 3 aliphatic carbocycles. The van der Waals surface area contributed by atoms with Crippen molar-refractivity contribution in [3.8, 4) is 0 Å². The molecule has 252 valence electrons. The van der Waals surface area contributed by atoms with Crippen molar-refractivity contribution in [1.29, 1.82) is 0 Å². The summed E-state index contributed by atoms with van der Waals surface area (Å²) in [5.74, 6) is 2.98. The predicted octanol–water partition coefficient (Wildman–Crippen LogP) is 6.15. The van der Waals surface area contributed by atoms with E-state index in [1.54, 1.807) is 0 Å². The molecule has 0 spiro atoms. The van der Waals surface area contributed by atoms with E-state index in [4.69, 9.17) is 0 Å². The molecular weight excluding hydrogens is 744 g/mol. The number of halogens is 2. The number of rotatable bonds is 3. The van der Waals surface area contributed by atoms with Gasteiger partial charge in [-0.15, -0.1) is 0 Å². The van der Waals surface area contributed by atoms with Gasteiger partial charge in [0.25, 0.3) is 0 Å². The van der Waals surface area contributed by atoms with Crippen LogP contribution in [-0.4, -0.2) is 95.8 Å². The molecule has 6 heteroatoms. The maximum Gasteiger partial charge on any atom is 0.0890 e. The summed E-state index contributed by atoms with van der Waals surface area (Å²) >= 11 is 2.15. The second-order valence-electron chi connectivity index (χ2n) is 15.8. The van der Waals surface area contributed by atoms with Gasteiger partial charge in [0.1, 0.15) is 0 Å². The summed E-state index contributed by atoms with van der Waals surface area (Å²) in [6.07, 6.45) is 26.6. The fourth-order valence-electron chi connectivity index (χ4n) is 9.62. The van der Waals surface area contributed by atoms with Gasteiger partial charge in [-0.2, -0.15) is 0 Å². The van der Waals surface area contributed by atoms with Gasteiger partial charge in [0.15, 0.2) is 0 Å². The summed E-state index contributed by atoms with van der Waals surface area (Å²) in [7, 11) is 4.99. The van der Waals surface area contributed by atoms with Gasteiger partial charge in [0.2, 0.25) is 0 Å². The van der Waals surface area contributed by atoms with Crippen LogP contribution in [0.5, 0.6) is 0 Å². The van der Waals surface area contributed by atoms with E-state index in [0.717, 1.165) is 35.9 Å². The standard InChI is InChI=1S/2C12H24N.C11H21N.CH3I.HI.H2O/c2*1-11-6-5-7-12(10-11)13(2)8-3-4-9-13;1-10-5-4-6-11(9-10)12-7-2-3-8-12;1-2;;/h2*11-12H,3-10H2,1-2H3;10-11H,2-9H2,1H3;1H3;1H;1H2/q2*+1;;;;/p-2. The Morgan fingerprint density at radius 2 is 0.857 bits per heavy atom. The maximum absolute atomic E-state index is 2.73. The van der Waals surface area contributed by atoms with Gasteiger partial charge in [-0.3, -0.25) is 0 Å². The second-order valence-corrected chi connectivity index (χ2v) is 15.8. The topological polar surface area (TPSA) is 33.2 Å². The molecule has 1 N–H and O–H groups in total. The predicted molar refractivity (Wildman–Crippen MR) is 187 cm³/mol. The van der Waals surface area contributed by atoms with Crippen LogP contribution in [0.2, 0.25) is 0 Å². The highest BCUT2D eigenvalue weighted by molar-refractivity contribution is 14.1. The van der Waals surface area contributed by atoms with Gasteiger partial charge >= 0.3 is 0 Å². The maximum atomic E-state index is 2.73. The van der Waals surface area contributed by atoms with Crippen molar-refractivity contribution in [1.82, 2.24) is 4.90 Å². The monoisotopic (exact) mass is 817 g/mol. The molecule has 4 nitrogen and oxygen atoms in total. The van der Waals surface area contributed by atoms with E-state index in [2.05, 4.69) is 62.4 Å². The molecule has 42 heavy (non-hydrogen) atoms. The third-order valence-electron chi connectivity index (χ3n) is 12.3. The average molecular weight is 818 g/mol. The van der Waals surface area contributed by atoms with Crippen LogP contribution in [0, 0.1) is 17.8 Å². The molecule has 6 unspecified atom stereocenters. The van der Waals surface area contributed by atoms with Crippen LogP contribution in [0.15, 0.2) is 0 Å². The summed E-state index contributed by atoms with van der Waals surface area (Å²) in [6, 6.07) is 2.97. The van der Waals surface area contributed by atoms with Crippen LogP contribution in [0.4, 0.5) is 0 Å². The van der Waals surface area contributed by atoms with E-state index >= 15 is 0 Å². The van der Waals surface area contributed by atoms with Crippen LogP contribution >= 0.6 is 22.6 Å². The van der Waals surface area contributed by atoms with Crippen molar-refractivity contribution in [2.45, 2.75) is 154 Å². The molecule has 6 atom stereocenters. The fourth-order valence-corrected chi connectivity index (χ4v) is 9.62. The molecule has 6 fully saturated rings. The highest BCUT2D eigenvalue weighted by atomic mass is 127. The molecule has 3 heterocycles. The molecule has 3 saturated heterocycles. The zero-order valence-corrected chi connectivity index (χ0v) is 33.3. The Labute approximate surface area is 294 Å². The number of alkyl halides is 1. The van der Waals surface area contributed by atoms with Crippen LogP contribution in [0.3, 0.4) is 0 Å². The fraction of sp³-hybridized carbons (Fsp3) is 1.00. The van der Waals surface area contributed by atoms with Crippen molar-refractivity contribution < 1.29 is 38.4 Å². The van der Waals surface area contributed by atoms with Crippen LogP contribution in [-0.2, 0) is 0 Å². The Morgan fingerprint density at radius 3 is 1.21 bits per heavy atom. The minimum atomic E-state index is 0. The summed E-state index contributed by atoms with van der Waals surface area (Å²) in [4.78, 5) is 4.70. The molecule has 6 aliphatic rings. The van der Waals surface area contributed by atoms with Crippen LogP contribution in [0.25, 0.3) is 0 Å². The quantitative estimate of drug-likeness (QED) is 0.195. The van der Waals surface area contributed by atoms with Crippen molar-refractivity contribution in [2.24, 2.45) is 17.8 Å². The molecule has 6 rings (SSSR count). The van der Waals surface area contributed by atoms with Gasteiger partial charge in [-0.05, 0) is 87.1 Å². The lowest BCUT2D eigenvalue weighted by Crippen LogP contribution is -3.00. The Bertz CT molecular complexity index is 637. The largest absolute Gasteiger partial charge is 1.00 e. The Hall–Kier alpha value is 1.30. The number of hydrogen-bond donors (Lipinski definition) is 0. The summed E-state index contributed by atoms with van der Waals surface area (Å²) in [5.41, 5.74) is 0. The minimum Gasteiger partial charge on any atom is -1.00 e. The Kier molecular flexibility index (Phi) is 20.9. The molecule has 3 saturated carbocycles. The number of likely N-dealkylation sites (tertiary alicyclic amines) is 3. The zero-order chi connectivity index (χ0) is 29.0. The molecule has 0 aromatic rings. The van der Waals surface area contributed by atoms with Crippen molar-refractivity contribution in [3.05, 3.63) is 0 Å². The first kappa shape index (κ1) is 41.3. The van der Waals surface area contributed by atoms with Gasteiger partial charge in [-0.25, -0.2) is 0 Å². The molecule has 0 aromatic carbocycles. The second kappa shape index (κ2) is 21.2.